The quantitative estimate of drug-likeness (QED) is 0.330. The molecule has 0 aliphatic heterocycles. The molecule has 0 unspecified atom stereocenters. The number of amides is 3. The van der Waals surface area contributed by atoms with Gasteiger partial charge in [-0.1, -0.05) is 13.0 Å². The van der Waals surface area contributed by atoms with Gasteiger partial charge in [0.1, 0.15) is 34.4 Å². The summed E-state index contributed by atoms with van der Waals surface area (Å²) in [4.78, 5) is 48.2. The average molecular weight is 628 g/mol. The van der Waals surface area contributed by atoms with Gasteiger partial charge >= 0.3 is 12.2 Å². The van der Waals surface area contributed by atoms with Gasteiger partial charge in [-0.3, -0.25) is 9.78 Å². The summed E-state index contributed by atoms with van der Waals surface area (Å²) < 4.78 is 53.8. The first-order valence-corrected chi connectivity index (χ1v) is 14.4. The number of benzene rings is 1. The van der Waals surface area contributed by atoms with Crippen LogP contribution in [0.3, 0.4) is 0 Å². The fourth-order valence-electron chi connectivity index (χ4n) is 5.82. The lowest BCUT2D eigenvalue weighted by molar-refractivity contribution is 0.0357. The van der Waals surface area contributed by atoms with E-state index in [0.29, 0.717) is 24.1 Å². The Kier molecular flexibility index (Phi) is 9.99. The number of nitrogens with one attached hydrogen (secondary N) is 2. The van der Waals surface area contributed by atoms with E-state index in [9.17, 15) is 27.6 Å². The molecule has 1 fully saturated rings. The first-order chi connectivity index (χ1) is 21.2. The first kappa shape index (κ1) is 33.2. The van der Waals surface area contributed by atoms with Gasteiger partial charge < -0.3 is 25.0 Å². The minimum atomic E-state index is -1.02. The Morgan fingerprint density at radius 3 is 2.33 bits per heavy atom. The molecule has 240 valence electrons. The van der Waals surface area contributed by atoms with E-state index in [4.69, 9.17) is 9.47 Å². The highest BCUT2D eigenvalue weighted by atomic mass is 19.1. The van der Waals surface area contributed by atoms with E-state index in [0.717, 1.165) is 30.3 Å². The molecule has 0 spiro atoms. The molecule has 4 rings (SSSR count). The molecule has 1 aliphatic carbocycles. The second-order valence-electron chi connectivity index (χ2n) is 12.0. The molecule has 4 atom stereocenters. The molecule has 1 aliphatic rings. The van der Waals surface area contributed by atoms with Crippen molar-refractivity contribution in [2.75, 3.05) is 19.5 Å². The largest absolute Gasteiger partial charge is 0.453 e. The molecular weight excluding hydrogens is 591 g/mol. The van der Waals surface area contributed by atoms with Crippen LogP contribution >= 0.6 is 0 Å². The highest BCUT2D eigenvalue weighted by molar-refractivity contribution is 6.03. The zero-order chi connectivity index (χ0) is 33.1. The molecule has 2 heterocycles. The Morgan fingerprint density at radius 1 is 1.00 bits per heavy atom. The number of methoxy groups -OCH3 is 1. The van der Waals surface area contributed by atoms with Gasteiger partial charge in [-0.05, 0) is 81.3 Å². The summed E-state index contributed by atoms with van der Waals surface area (Å²) in [6.45, 7) is 7.18. The lowest BCUT2D eigenvalue weighted by Gasteiger charge is -2.45. The van der Waals surface area contributed by atoms with Crippen LogP contribution in [0.15, 0.2) is 48.8 Å². The summed E-state index contributed by atoms with van der Waals surface area (Å²) >= 11 is 0. The van der Waals surface area contributed by atoms with E-state index in [1.807, 2.05) is 6.92 Å². The molecule has 45 heavy (non-hydrogen) atoms. The Morgan fingerprint density at radius 2 is 1.69 bits per heavy atom. The predicted octanol–water partition coefficient (Wildman–Crippen LogP) is 6.29. The van der Waals surface area contributed by atoms with Crippen LogP contribution in [-0.2, 0) is 9.47 Å². The third-order valence-corrected chi connectivity index (χ3v) is 7.62. The van der Waals surface area contributed by atoms with E-state index >= 15 is 0 Å². The second-order valence-corrected chi connectivity index (χ2v) is 12.0. The summed E-state index contributed by atoms with van der Waals surface area (Å²) in [5.74, 6) is -4.15. The van der Waals surface area contributed by atoms with Gasteiger partial charge in [0.05, 0.1) is 36.6 Å². The topological polar surface area (TPSA) is 123 Å². The molecule has 3 amide bonds. The fraction of sp³-hybridized carbons (Fsp3) is 0.406. The zero-order valence-electron chi connectivity index (χ0n) is 25.9. The monoisotopic (exact) mass is 627 g/mol. The van der Waals surface area contributed by atoms with Crippen LogP contribution < -0.4 is 10.6 Å². The predicted molar refractivity (Wildman–Crippen MR) is 160 cm³/mol. The number of likely N-dealkylation sites (N-methyl/N-ethyl adjacent to an activating group) is 1. The van der Waals surface area contributed by atoms with Crippen molar-refractivity contribution in [3.8, 4) is 11.3 Å². The molecule has 1 aromatic carbocycles. The summed E-state index contributed by atoms with van der Waals surface area (Å²) in [6, 6.07) is 5.87. The van der Waals surface area contributed by atoms with Gasteiger partial charge in [-0.15, -0.1) is 0 Å². The smallest absolute Gasteiger partial charge is 0.409 e. The number of aromatic nitrogens is 2. The van der Waals surface area contributed by atoms with E-state index < -0.39 is 64.5 Å². The zero-order valence-corrected chi connectivity index (χ0v) is 25.9. The van der Waals surface area contributed by atoms with Crippen LogP contribution in [0.25, 0.3) is 11.3 Å². The van der Waals surface area contributed by atoms with Gasteiger partial charge in [0, 0.05) is 13.2 Å². The van der Waals surface area contributed by atoms with Crippen molar-refractivity contribution in [1.29, 1.82) is 0 Å². The highest BCUT2D eigenvalue weighted by Crippen LogP contribution is 2.41. The Balaban J connectivity index is 1.63. The SMILES string of the molecule is COC(=O)N(C)[C@@H]1[C@H](C)C[C@H](c2ccncc2NC(=O)c2ccc(F)c(-c3c(F)cccc3F)n2)C[C@@H]1NC(=O)OC(C)(C)C. The number of halogens is 3. The van der Waals surface area contributed by atoms with Crippen LogP contribution in [0.4, 0.5) is 28.4 Å². The normalized spacial score (nSPS) is 19.8. The number of rotatable bonds is 6. The van der Waals surface area contributed by atoms with Crippen molar-refractivity contribution in [1.82, 2.24) is 20.2 Å². The van der Waals surface area contributed by atoms with Gasteiger partial charge in [0.15, 0.2) is 0 Å². The summed E-state index contributed by atoms with van der Waals surface area (Å²) in [5.41, 5.74) is -1.31. The van der Waals surface area contributed by atoms with Crippen molar-refractivity contribution < 1.29 is 37.0 Å². The Hall–Kier alpha value is -4.68. The van der Waals surface area contributed by atoms with Crippen LogP contribution in [0.1, 0.15) is 62.5 Å². The van der Waals surface area contributed by atoms with Crippen molar-refractivity contribution in [3.05, 3.63) is 77.5 Å². The number of pyridine rings is 2. The molecule has 0 bridgehead atoms. The maximum atomic E-state index is 14.6. The molecule has 0 radical (unpaired) electrons. The molecular formula is C32H36F3N5O5. The number of nitrogens with zero attached hydrogens (tertiary/aromatic N) is 3. The molecule has 2 aromatic heterocycles. The molecule has 0 saturated heterocycles. The number of alkyl carbamates (subject to hydrolysis) is 1. The summed E-state index contributed by atoms with van der Waals surface area (Å²) in [6.07, 6.45) is 2.75. The van der Waals surface area contributed by atoms with Gasteiger partial charge in [0.25, 0.3) is 5.91 Å². The van der Waals surface area contributed by atoms with Gasteiger partial charge in [0.2, 0.25) is 0 Å². The first-order valence-electron chi connectivity index (χ1n) is 14.4. The van der Waals surface area contributed by atoms with Gasteiger partial charge in [-0.25, -0.2) is 27.7 Å². The maximum absolute atomic E-state index is 14.6. The van der Waals surface area contributed by atoms with Crippen molar-refractivity contribution in [2.24, 2.45) is 5.92 Å². The van der Waals surface area contributed by atoms with Crippen LogP contribution in [0.2, 0.25) is 0 Å². The number of hydrogen-bond acceptors (Lipinski definition) is 7. The fourth-order valence-corrected chi connectivity index (χ4v) is 5.82. The second kappa shape index (κ2) is 13.5. The lowest BCUT2D eigenvalue weighted by atomic mass is 9.72. The van der Waals surface area contributed by atoms with Crippen molar-refractivity contribution >= 4 is 23.8 Å². The van der Waals surface area contributed by atoms with E-state index in [1.165, 1.54) is 18.2 Å². The summed E-state index contributed by atoms with van der Waals surface area (Å²) in [5, 5.41) is 5.66. The van der Waals surface area contributed by atoms with E-state index in [-0.39, 0.29) is 17.5 Å². The molecule has 2 N–H and O–H groups in total. The standard InChI is InChI=1S/C32H36F3N5O5/c1-17-14-18(15-24(28(17)40(5)31(43)44-6)39-30(42)45-32(2,3)4)19-12-13-36-16-25(19)38-29(41)23-11-10-22(35)27(37-23)26-20(33)8-7-9-21(26)34/h7-13,16-18,24,28H,14-15H2,1-6H3,(H,38,41)(H,39,42)/t17-,18+,24+,28-/m1/s1. The Bertz CT molecular complexity index is 1560. The number of carbonyl (C=O) groups excluding carboxylic acids is 3. The van der Waals surface area contributed by atoms with E-state index in [1.54, 1.807) is 40.1 Å². The molecule has 13 heteroatoms. The van der Waals surface area contributed by atoms with Gasteiger partial charge in [-0.2, -0.15) is 0 Å². The van der Waals surface area contributed by atoms with Crippen LogP contribution in [0, 0.1) is 23.4 Å². The summed E-state index contributed by atoms with van der Waals surface area (Å²) in [7, 11) is 2.88. The lowest BCUT2D eigenvalue weighted by Crippen LogP contribution is -2.58. The van der Waals surface area contributed by atoms with Crippen LogP contribution in [0.5, 0.6) is 0 Å². The molecule has 1 saturated carbocycles. The minimum Gasteiger partial charge on any atom is -0.453 e. The molecule has 3 aromatic rings. The number of ether oxygens (including phenoxy) is 2. The third kappa shape index (κ3) is 7.70. The highest BCUT2D eigenvalue weighted by Gasteiger charge is 2.42. The van der Waals surface area contributed by atoms with Crippen LogP contribution in [-0.4, -0.2) is 64.8 Å². The van der Waals surface area contributed by atoms with Crippen molar-refractivity contribution in [3.63, 3.8) is 0 Å². The third-order valence-electron chi connectivity index (χ3n) is 7.62. The minimum absolute atomic E-state index is 0.138. The molecule has 10 nitrogen and oxygen atoms in total. The van der Waals surface area contributed by atoms with Crippen molar-refractivity contribution in [2.45, 2.75) is 64.1 Å². The number of anilines is 1. The number of carbonyl (C=O) groups is 3. The maximum Gasteiger partial charge on any atom is 0.409 e. The van der Waals surface area contributed by atoms with E-state index in [2.05, 4.69) is 20.6 Å². The number of hydrogen-bond donors (Lipinski definition) is 2. The average Bonchev–Trinajstić information content (AvgIpc) is 2.96. The Labute approximate surface area is 259 Å².